The highest BCUT2D eigenvalue weighted by atomic mass is 35.5. The van der Waals surface area contributed by atoms with Crippen LogP contribution in [0.15, 0.2) is 48.5 Å². The van der Waals surface area contributed by atoms with Gasteiger partial charge in [-0.3, -0.25) is 0 Å². The summed E-state index contributed by atoms with van der Waals surface area (Å²) in [7, 11) is 0. The number of hydrogen-bond donors (Lipinski definition) is 0. The molecule has 3 aromatic rings. The Kier molecular flexibility index (Phi) is 4.62. The van der Waals surface area contributed by atoms with Crippen molar-refractivity contribution in [3.05, 3.63) is 70.5 Å². The fraction of sp³-hybridized carbons (Fsp3) is 0.167. The third-order valence-electron chi connectivity index (χ3n) is 3.70. The summed E-state index contributed by atoms with van der Waals surface area (Å²) in [5, 5.41) is 8.60. The number of halogens is 1. The van der Waals surface area contributed by atoms with Crippen molar-refractivity contribution in [2.45, 2.75) is 20.3 Å². The second kappa shape index (κ2) is 6.84. The summed E-state index contributed by atoms with van der Waals surface area (Å²) >= 11 is 5.82. The molecule has 6 heteroatoms. The van der Waals surface area contributed by atoms with Gasteiger partial charge in [0.25, 0.3) is 0 Å². The van der Waals surface area contributed by atoms with Crippen LogP contribution in [0.3, 0.4) is 0 Å². The monoisotopic (exact) mass is 341 g/mol. The molecule has 0 bridgehead atoms. The quantitative estimate of drug-likeness (QED) is 0.531. The van der Waals surface area contributed by atoms with E-state index in [1.807, 2.05) is 24.3 Å². The summed E-state index contributed by atoms with van der Waals surface area (Å²) in [5.74, 6) is -0.142. The van der Waals surface area contributed by atoms with Crippen LogP contribution in [-0.4, -0.2) is 21.0 Å². The van der Waals surface area contributed by atoms with Gasteiger partial charge in [0.1, 0.15) is 5.75 Å². The van der Waals surface area contributed by atoms with E-state index in [9.17, 15) is 4.79 Å². The Labute approximate surface area is 144 Å². The van der Waals surface area contributed by atoms with Crippen molar-refractivity contribution in [3.8, 4) is 11.4 Å². The maximum Gasteiger partial charge on any atom is 0.366 e. The number of nitrogens with zero attached hydrogens (tertiary/aromatic N) is 3. The third-order valence-corrected chi connectivity index (χ3v) is 3.95. The van der Waals surface area contributed by atoms with Crippen molar-refractivity contribution < 1.29 is 9.53 Å². The van der Waals surface area contributed by atoms with Crippen LogP contribution in [0.25, 0.3) is 5.69 Å². The Morgan fingerprint density at radius 1 is 1.12 bits per heavy atom. The van der Waals surface area contributed by atoms with Crippen molar-refractivity contribution in [2.24, 2.45) is 0 Å². The first-order chi connectivity index (χ1) is 11.6. The molecule has 0 aliphatic carbocycles. The molecule has 24 heavy (non-hydrogen) atoms. The lowest BCUT2D eigenvalue weighted by Gasteiger charge is -2.05. The van der Waals surface area contributed by atoms with Crippen molar-refractivity contribution in [1.29, 1.82) is 0 Å². The number of aryl methyl sites for hydroxylation is 1. The molecule has 1 aromatic heterocycles. The molecule has 0 radical (unpaired) electrons. The minimum absolute atomic E-state index is 0.185. The molecule has 0 unspecified atom stereocenters. The van der Waals surface area contributed by atoms with E-state index in [0.717, 1.165) is 12.1 Å². The van der Waals surface area contributed by atoms with E-state index in [4.69, 9.17) is 16.3 Å². The van der Waals surface area contributed by atoms with Gasteiger partial charge in [-0.15, -0.1) is 5.10 Å². The van der Waals surface area contributed by atoms with Gasteiger partial charge in [0.15, 0.2) is 5.69 Å². The van der Waals surface area contributed by atoms with Crippen molar-refractivity contribution >= 4 is 17.6 Å². The molecule has 0 amide bonds. The Morgan fingerprint density at radius 2 is 1.79 bits per heavy atom. The van der Waals surface area contributed by atoms with Crippen LogP contribution in [0.5, 0.6) is 5.75 Å². The van der Waals surface area contributed by atoms with Gasteiger partial charge in [-0.2, -0.15) is 0 Å². The standard InChI is InChI=1S/C18H16ClN3O2/c1-3-13-4-8-15(9-5-13)22-12(2)17(20-21-22)18(23)24-16-10-6-14(19)7-11-16/h4-11H,3H2,1-2H3. The Bertz CT molecular complexity index is 855. The number of carbonyl (C=O) groups is 1. The summed E-state index contributed by atoms with van der Waals surface area (Å²) in [4.78, 5) is 12.3. The summed E-state index contributed by atoms with van der Waals surface area (Å²) in [6.07, 6.45) is 0.968. The predicted molar refractivity (Wildman–Crippen MR) is 91.9 cm³/mol. The SMILES string of the molecule is CCc1ccc(-n2nnc(C(=O)Oc3ccc(Cl)cc3)c2C)cc1. The van der Waals surface area contributed by atoms with E-state index in [2.05, 4.69) is 17.2 Å². The summed E-state index contributed by atoms with van der Waals surface area (Å²) in [5.41, 5.74) is 2.89. The average Bonchev–Trinajstić information content (AvgIpc) is 2.98. The molecule has 0 aliphatic heterocycles. The number of ether oxygens (including phenoxy) is 1. The lowest BCUT2D eigenvalue weighted by Crippen LogP contribution is -2.11. The van der Waals surface area contributed by atoms with E-state index in [0.29, 0.717) is 16.5 Å². The third kappa shape index (κ3) is 3.31. The average molecular weight is 342 g/mol. The van der Waals surface area contributed by atoms with Gasteiger partial charge in [-0.1, -0.05) is 35.9 Å². The van der Waals surface area contributed by atoms with E-state index in [1.54, 1.807) is 35.9 Å². The zero-order valence-electron chi connectivity index (χ0n) is 13.4. The topological polar surface area (TPSA) is 57.0 Å². The molecular weight excluding hydrogens is 326 g/mol. The lowest BCUT2D eigenvalue weighted by atomic mass is 10.1. The van der Waals surface area contributed by atoms with Gasteiger partial charge < -0.3 is 4.74 Å². The van der Waals surface area contributed by atoms with Crippen molar-refractivity contribution in [1.82, 2.24) is 15.0 Å². The van der Waals surface area contributed by atoms with Gasteiger partial charge in [-0.05, 0) is 55.3 Å². The van der Waals surface area contributed by atoms with Gasteiger partial charge in [0, 0.05) is 5.02 Å². The van der Waals surface area contributed by atoms with Crippen LogP contribution in [0.1, 0.15) is 28.7 Å². The molecule has 0 saturated carbocycles. The molecule has 3 rings (SSSR count). The maximum atomic E-state index is 12.3. The fourth-order valence-electron chi connectivity index (χ4n) is 2.29. The number of carbonyl (C=O) groups excluding carboxylic acids is 1. The summed E-state index contributed by atoms with van der Waals surface area (Å²) < 4.78 is 6.93. The van der Waals surface area contributed by atoms with Crippen LogP contribution in [0.2, 0.25) is 5.02 Å². The molecule has 5 nitrogen and oxygen atoms in total. The number of aromatic nitrogens is 3. The summed E-state index contributed by atoms with van der Waals surface area (Å²) in [6.45, 7) is 3.88. The zero-order valence-corrected chi connectivity index (χ0v) is 14.1. The normalized spacial score (nSPS) is 10.6. The molecule has 0 fully saturated rings. The second-order valence-corrected chi connectivity index (χ2v) is 5.74. The number of benzene rings is 2. The first-order valence-electron chi connectivity index (χ1n) is 7.58. The summed E-state index contributed by atoms with van der Waals surface area (Å²) in [6, 6.07) is 14.5. The molecule has 2 aromatic carbocycles. The van der Waals surface area contributed by atoms with Crippen LogP contribution < -0.4 is 4.74 Å². The van der Waals surface area contributed by atoms with E-state index in [-0.39, 0.29) is 5.69 Å². The molecule has 0 aliphatic rings. The van der Waals surface area contributed by atoms with Gasteiger partial charge >= 0.3 is 5.97 Å². The number of hydrogen-bond acceptors (Lipinski definition) is 4. The molecule has 0 N–H and O–H groups in total. The highest BCUT2D eigenvalue weighted by Crippen LogP contribution is 2.18. The van der Waals surface area contributed by atoms with Crippen LogP contribution >= 0.6 is 11.6 Å². The predicted octanol–water partition coefficient (Wildman–Crippen LogP) is 4.01. The number of rotatable bonds is 4. The van der Waals surface area contributed by atoms with Gasteiger partial charge in [0.05, 0.1) is 11.4 Å². The molecule has 1 heterocycles. The van der Waals surface area contributed by atoms with Crippen LogP contribution in [0.4, 0.5) is 0 Å². The zero-order chi connectivity index (χ0) is 17.1. The minimum Gasteiger partial charge on any atom is -0.422 e. The first-order valence-corrected chi connectivity index (χ1v) is 7.95. The second-order valence-electron chi connectivity index (χ2n) is 5.30. The van der Waals surface area contributed by atoms with E-state index in [1.165, 1.54) is 5.56 Å². The Hall–Kier alpha value is -2.66. The van der Waals surface area contributed by atoms with Crippen molar-refractivity contribution in [2.75, 3.05) is 0 Å². The van der Waals surface area contributed by atoms with E-state index < -0.39 is 5.97 Å². The maximum absolute atomic E-state index is 12.3. The van der Waals surface area contributed by atoms with Gasteiger partial charge in [0.2, 0.25) is 0 Å². The molecule has 0 atom stereocenters. The smallest absolute Gasteiger partial charge is 0.366 e. The molecule has 0 spiro atoms. The van der Waals surface area contributed by atoms with Gasteiger partial charge in [-0.25, -0.2) is 9.48 Å². The molecule has 0 saturated heterocycles. The Morgan fingerprint density at radius 3 is 2.42 bits per heavy atom. The largest absolute Gasteiger partial charge is 0.422 e. The van der Waals surface area contributed by atoms with Crippen LogP contribution in [0, 0.1) is 6.92 Å². The first kappa shape index (κ1) is 16.2. The minimum atomic E-state index is -0.550. The molecule has 122 valence electrons. The highest BCUT2D eigenvalue weighted by Gasteiger charge is 2.19. The highest BCUT2D eigenvalue weighted by molar-refractivity contribution is 6.30. The van der Waals surface area contributed by atoms with E-state index >= 15 is 0 Å². The molecular formula is C18H16ClN3O2. The number of esters is 1. The fourth-order valence-corrected chi connectivity index (χ4v) is 2.42. The van der Waals surface area contributed by atoms with Crippen LogP contribution in [-0.2, 0) is 6.42 Å². The lowest BCUT2D eigenvalue weighted by molar-refractivity contribution is 0.0727. The Balaban J connectivity index is 1.83. The van der Waals surface area contributed by atoms with Crippen molar-refractivity contribution in [3.63, 3.8) is 0 Å².